The SMILES string of the molecule is CCC(=O)N1CCC(NC(=NC)NCCSc2ccc(C)cc2)C1.I. The molecule has 0 aliphatic carbocycles. The number of guanidine groups is 1. The van der Waals surface area contributed by atoms with E-state index in [0.717, 1.165) is 37.8 Å². The molecule has 1 aliphatic rings. The topological polar surface area (TPSA) is 56.7 Å². The molecule has 1 aromatic rings. The zero-order valence-corrected chi connectivity index (χ0v) is 18.4. The zero-order valence-electron chi connectivity index (χ0n) is 15.2. The van der Waals surface area contributed by atoms with Gasteiger partial charge in [0.05, 0.1) is 0 Å². The first-order valence-corrected chi connectivity index (χ1v) is 9.55. The Labute approximate surface area is 172 Å². The minimum atomic E-state index is 0. The van der Waals surface area contributed by atoms with Gasteiger partial charge in [-0.15, -0.1) is 35.7 Å². The fourth-order valence-electron chi connectivity index (χ4n) is 2.69. The zero-order chi connectivity index (χ0) is 17.4. The van der Waals surface area contributed by atoms with Crippen molar-refractivity contribution in [3.05, 3.63) is 29.8 Å². The standard InChI is InChI=1S/C18H28N4OS.HI/c1-4-17(23)22-11-9-15(13-22)21-18(19-3)20-10-12-24-16-7-5-14(2)6-8-16;/h5-8,15H,4,9-13H2,1-3H3,(H2,19,20,21);1H. The van der Waals surface area contributed by atoms with Gasteiger partial charge in [0.2, 0.25) is 5.91 Å². The van der Waals surface area contributed by atoms with Crippen LogP contribution in [-0.2, 0) is 4.79 Å². The lowest BCUT2D eigenvalue weighted by molar-refractivity contribution is -0.129. The summed E-state index contributed by atoms with van der Waals surface area (Å²) in [6.45, 7) is 6.47. The summed E-state index contributed by atoms with van der Waals surface area (Å²) in [5, 5.41) is 6.77. The van der Waals surface area contributed by atoms with Crippen molar-refractivity contribution in [2.75, 3.05) is 32.4 Å². The number of hydrogen-bond donors (Lipinski definition) is 2. The Morgan fingerprint density at radius 3 is 2.72 bits per heavy atom. The van der Waals surface area contributed by atoms with Crippen LogP contribution >= 0.6 is 35.7 Å². The number of hydrogen-bond acceptors (Lipinski definition) is 3. The van der Waals surface area contributed by atoms with Gasteiger partial charge in [0.1, 0.15) is 0 Å². The Morgan fingerprint density at radius 1 is 1.36 bits per heavy atom. The lowest BCUT2D eigenvalue weighted by Gasteiger charge is -2.18. The molecule has 1 heterocycles. The predicted molar refractivity (Wildman–Crippen MR) is 117 cm³/mol. The van der Waals surface area contributed by atoms with Crippen molar-refractivity contribution >= 4 is 47.6 Å². The summed E-state index contributed by atoms with van der Waals surface area (Å²) in [6.07, 6.45) is 1.56. The molecule has 2 N–H and O–H groups in total. The van der Waals surface area contributed by atoms with E-state index in [1.165, 1.54) is 10.5 Å². The smallest absolute Gasteiger partial charge is 0.222 e. The fourth-order valence-corrected chi connectivity index (χ4v) is 3.46. The third-order valence-electron chi connectivity index (χ3n) is 4.09. The van der Waals surface area contributed by atoms with Gasteiger partial charge in [-0.05, 0) is 25.5 Å². The third-order valence-corrected chi connectivity index (χ3v) is 5.11. The van der Waals surface area contributed by atoms with Gasteiger partial charge >= 0.3 is 0 Å². The molecule has 2 rings (SSSR count). The van der Waals surface area contributed by atoms with Crippen LogP contribution in [0.15, 0.2) is 34.2 Å². The first-order chi connectivity index (χ1) is 11.6. The molecule has 1 aliphatic heterocycles. The largest absolute Gasteiger partial charge is 0.356 e. The molecule has 0 bridgehead atoms. The summed E-state index contributed by atoms with van der Waals surface area (Å²) in [5.74, 6) is 2.03. The maximum absolute atomic E-state index is 11.7. The molecule has 1 unspecified atom stereocenters. The van der Waals surface area contributed by atoms with Crippen molar-refractivity contribution in [3.63, 3.8) is 0 Å². The number of carbonyl (C=O) groups excluding carboxylic acids is 1. The van der Waals surface area contributed by atoms with E-state index < -0.39 is 0 Å². The van der Waals surface area contributed by atoms with Crippen LogP contribution in [-0.4, -0.2) is 55.2 Å². The van der Waals surface area contributed by atoms with Crippen LogP contribution in [0.2, 0.25) is 0 Å². The highest BCUT2D eigenvalue weighted by molar-refractivity contribution is 14.0. The van der Waals surface area contributed by atoms with Crippen LogP contribution in [0.25, 0.3) is 0 Å². The van der Waals surface area contributed by atoms with E-state index in [2.05, 4.69) is 46.8 Å². The quantitative estimate of drug-likeness (QED) is 0.218. The van der Waals surface area contributed by atoms with Crippen molar-refractivity contribution < 1.29 is 4.79 Å². The summed E-state index contributed by atoms with van der Waals surface area (Å²) in [6, 6.07) is 8.88. The number of halogens is 1. The van der Waals surface area contributed by atoms with Gasteiger partial charge in [-0.3, -0.25) is 9.79 Å². The summed E-state index contributed by atoms with van der Waals surface area (Å²) in [4.78, 5) is 19.2. The number of nitrogens with zero attached hydrogens (tertiary/aromatic N) is 2. The van der Waals surface area contributed by atoms with Crippen LogP contribution in [0, 0.1) is 6.92 Å². The predicted octanol–water partition coefficient (Wildman–Crippen LogP) is 2.88. The first kappa shape index (κ1) is 22.1. The number of carbonyl (C=O) groups is 1. The van der Waals surface area contributed by atoms with Crippen molar-refractivity contribution in [2.45, 2.75) is 37.6 Å². The van der Waals surface area contributed by atoms with E-state index in [0.29, 0.717) is 6.42 Å². The Morgan fingerprint density at radius 2 is 2.08 bits per heavy atom. The van der Waals surface area contributed by atoms with E-state index in [9.17, 15) is 4.79 Å². The molecule has 7 heteroatoms. The normalized spacial score (nSPS) is 17.2. The fraction of sp³-hybridized carbons (Fsp3) is 0.556. The lowest BCUT2D eigenvalue weighted by Crippen LogP contribution is -2.45. The molecule has 1 amide bonds. The molecule has 25 heavy (non-hydrogen) atoms. The molecule has 1 atom stereocenters. The molecule has 5 nitrogen and oxygen atoms in total. The molecule has 0 spiro atoms. The van der Waals surface area contributed by atoms with E-state index in [1.54, 1.807) is 7.05 Å². The number of thioether (sulfide) groups is 1. The van der Waals surface area contributed by atoms with E-state index in [4.69, 9.17) is 0 Å². The van der Waals surface area contributed by atoms with E-state index in [-0.39, 0.29) is 35.9 Å². The molecule has 0 radical (unpaired) electrons. The summed E-state index contributed by atoms with van der Waals surface area (Å²) < 4.78 is 0. The van der Waals surface area contributed by atoms with Gasteiger partial charge in [-0.2, -0.15) is 0 Å². The Kier molecular flexibility index (Phi) is 10.3. The summed E-state index contributed by atoms with van der Waals surface area (Å²) >= 11 is 1.83. The van der Waals surface area contributed by atoms with Gasteiger partial charge < -0.3 is 15.5 Å². The molecule has 0 aromatic heterocycles. The molecule has 0 saturated carbocycles. The molecular formula is C18H29IN4OS. The monoisotopic (exact) mass is 476 g/mol. The van der Waals surface area contributed by atoms with Crippen molar-refractivity contribution in [1.29, 1.82) is 0 Å². The van der Waals surface area contributed by atoms with E-state index >= 15 is 0 Å². The lowest BCUT2D eigenvalue weighted by atomic mass is 10.2. The van der Waals surface area contributed by atoms with Gasteiger partial charge in [-0.25, -0.2) is 0 Å². The second-order valence-electron chi connectivity index (χ2n) is 5.98. The maximum atomic E-state index is 11.7. The summed E-state index contributed by atoms with van der Waals surface area (Å²) in [7, 11) is 1.78. The van der Waals surface area contributed by atoms with Crippen LogP contribution in [0.1, 0.15) is 25.3 Å². The van der Waals surface area contributed by atoms with Crippen molar-refractivity contribution in [2.24, 2.45) is 4.99 Å². The Bertz CT molecular complexity index is 565. The highest BCUT2D eigenvalue weighted by Gasteiger charge is 2.25. The second-order valence-corrected chi connectivity index (χ2v) is 7.15. The first-order valence-electron chi connectivity index (χ1n) is 8.56. The number of rotatable bonds is 6. The number of aliphatic imine (C=N–C) groups is 1. The average Bonchev–Trinajstić information content (AvgIpc) is 3.07. The Hall–Kier alpha value is -0.960. The minimum Gasteiger partial charge on any atom is -0.356 e. The highest BCUT2D eigenvalue weighted by Crippen LogP contribution is 2.17. The van der Waals surface area contributed by atoms with E-state index in [1.807, 2.05) is 23.6 Å². The number of amides is 1. The maximum Gasteiger partial charge on any atom is 0.222 e. The van der Waals surface area contributed by atoms with Gasteiger partial charge in [0.25, 0.3) is 0 Å². The van der Waals surface area contributed by atoms with Gasteiger partial charge in [-0.1, -0.05) is 24.6 Å². The highest BCUT2D eigenvalue weighted by atomic mass is 127. The molecule has 1 saturated heterocycles. The van der Waals surface area contributed by atoms with Crippen LogP contribution in [0.3, 0.4) is 0 Å². The van der Waals surface area contributed by atoms with Crippen LogP contribution in [0.4, 0.5) is 0 Å². The number of aryl methyl sites for hydroxylation is 1. The minimum absolute atomic E-state index is 0. The molecule has 1 aromatic carbocycles. The van der Waals surface area contributed by atoms with Crippen LogP contribution in [0.5, 0.6) is 0 Å². The Balaban J connectivity index is 0.00000312. The van der Waals surface area contributed by atoms with Crippen LogP contribution < -0.4 is 10.6 Å². The summed E-state index contributed by atoms with van der Waals surface area (Å²) in [5.41, 5.74) is 1.29. The molecule has 140 valence electrons. The van der Waals surface area contributed by atoms with Gasteiger partial charge in [0, 0.05) is 49.8 Å². The molecule has 1 fully saturated rings. The van der Waals surface area contributed by atoms with Gasteiger partial charge in [0.15, 0.2) is 5.96 Å². The van der Waals surface area contributed by atoms with Crippen molar-refractivity contribution in [1.82, 2.24) is 15.5 Å². The average molecular weight is 476 g/mol. The molecular weight excluding hydrogens is 447 g/mol. The number of benzene rings is 1. The van der Waals surface area contributed by atoms with Crippen molar-refractivity contribution in [3.8, 4) is 0 Å². The second kappa shape index (κ2) is 11.6. The number of nitrogens with one attached hydrogen (secondary N) is 2. The number of likely N-dealkylation sites (tertiary alicyclic amines) is 1. The third kappa shape index (κ3) is 7.43.